The molecule has 2 aromatic rings. The maximum Gasteiger partial charge on any atom is 0.257 e. The highest BCUT2D eigenvalue weighted by atomic mass is 16.1. The molecule has 94 valence electrons. The van der Waals surface area contributed by atoms with Crippen LogP contribution in [0.25, 0.3) is 10.8 Å². The van der Waals surface area contributed by atoms with Gasteiger partial charge in [-0.1, -0.05) is 25.1 Å². The molecule has 1 aromatic heterocycles. The molecular formula is C15H18N2O. The molecule has 0 amide bonds. The van der Waals surface area contributed by atoms with Gasteiger partial charge in [-0.25, -0.2) is 0 Å². The number of hydrogen-bond donors (Lipinski definition) is 2. The van der Waals surface area contributed by atoms with Crippen LogP contribution in [0.3, 0.4) is 0 Å². The van der Waals surface area contributed by atoms with E-state index in [0.29, 0.717) is 6.04 Å². The Morgan fingerprint density at radius 2 is 2.11 bits per heavy atom. The molecule has 1 fully saturated rings. The van der Waals surface area contributed by atoms with Gasteiger partial charge in [-0.3, -0.25) is 4.79 Å². The Hall–Kier alpha value is -1.77. The highest BCUT2D eigenvalue weighted by Gasteiger charge is 2.21. The number of H-pyrrole nitrogens is 1. The summed E-state index contributed by atoms with van der Waals surface area (Å²) in [4.78, 5) is 14.9. The maximum absolute atomic E-state index is 11.9. The van der Waals surface area contributed by atoms with Crippen LogP contribution in [0.4, 0.5) is 5.82 Å². The van der Waals surface area contributed by atoms with Crippen molar-refractivity contribution in [3.05, 3.63) is 40.7 Å². The Labute approximate surface area is 106 Å². The van der Waals surface area contributed by atoms with E-state index in [9.17, 15) is 4.79 Å². The molecule has 2 atom stereocenters. The predicted octanol–water partition coefficient (Wildman–Crippen LogP) is 3.13. The van der Waals surface area contributed by atoms with E-state index in [2.05, 4.69) is 17.2 Å². The fourth-order valence-electron chi connectivity index (χ4n) is 2.85. The Bertz CT molecular complexity index is 617. The number of benzene rings is 1. The summed E-state index contributed by atoms with van der Waals surface area (Å²) >= 11 is 0. The number of pyridine rings is 1. The molecule has 2 unspecified atom stereocenters. The van der Waals surface area contributed by atoms with Crippen molar-refractivity contribution < 1.29 is 0 Å². The second kappa shape index (κ2) is 4.48. The number of nitrogens with one attached hydrogen (secondary N) is 2. The summed E-state index contributed by atoms with van der Waals surface area (Å²) in [5.41, 5.74) is -0.0124. The second-order valence-corrected chi connectivity index (χ2v) is 5.36. The zero-order chi connectivity index (χ0) is 12.5. The Kier molecular flexibility index (Phi) is 2.82. The van der Waals surface area contributed by atoms with E-state index in [1.807, 2.05) is 30.3 Å². The van der Waals surface area contributed by atoms with Crippen LogP contribution < -0.4 is 10.9 Å². The van der Waals surface area contributed by atoms with Gasteiger partial charge in [0.1, 0.15) is 5.82 Å². The van der Waals surface area contributed by atoms with Gasteiger partial charge in [0.2, 0.25) is 0 Å². The molecule has 2 N–H and O–H groups in total. The van der Waals surface area contributed by atoms with Crippen molar-refractivity contribution in [2.45, 2.75) is 32.2 Å². The lowest BCUT2D eigenvalue weighted by Gasteiger charge is -2.14. The number of hydrogen-bond acceptors (Lipinski definition) is 2. The summed E-state index contributed by atoms with van der Waals surface area (Å²) in [5, 5.41) is 5.20. The molecular weight excluding hydrogens is 224 g/mol. The topological polar surface area (TPSA) is 44.9 Å². The molecule has 0 aliphatic heterocycles. The molecule has 3 nitrogen and oxygen atoms in total. The van der Waals surface area contributed by atoms with Crippen LogP contribution in [0.1, 0.15) is 26.2 Å². The van der Waals surface area contributed by atoms with Gasteiger partial charge >= 0.3 is 0 Å². The standard InChI is InChI=1S/C15H18N2O/c1-10-6-7-12(8-10)16-14-9-11-4-2-3-5-13(11)15(18)17-14/h2-5,9-10,12H,6-8H2,1H3,(H2,16,17,18). The second-order valence-electron chi connectivity index (χ2n) is 5.36. The number of aromatic nitrogens is 1. The minimum Gasteiger partial charge on any atom is -0.369 e. The van der Waals surface area contributed by atoms with Crippen molar-refractivity contribution in [2.24, 2.45) is 5.92 Å². The number of rotatable bonds is 2. The largest absolute Gasteiger partial charge is 0.369 e. The summed E-state index contributed by atoms with van der Waals surface area (Å²) < 4.78 is 0. The van der Waals surface area contributed by atoms with E-state index >= 15 is 0 Å². The van der Waals surface area contributed by atoms with Gasteiger partial charge in [-0.05, 0) is 42.7 Å². The first-order valence-corrected chi connectivity index (χ1v) is 6.61. The molecule has 3 heteroatoms. The fraction of sp³-hybridized carbons (Fsp3) is 0.400. The van der Waals surface area contributed by atoms with Gasteiger partial charge in [0.25, 0.3) is 5.56 Å². The van der Waals surface area contributed by atoms with E-state index in [4.69, 9.17) is 0 Å². The first-order chi connectivity index (χ1) is 8.72. The van der Waals surface area contributed by atoms with Crippen LogP contribution >= 0.6 is 0 Å². The highest BCUT2D eigenvalue weighted by Crippen LogP contribution is 2.27. The summed E-state index contributed by atoms with van der Waals surface area (Å²) in [6.45, 7) is 2.28. The average Bonchev–Trinajstić information content (AvgIpc) is 2.75. The third-order valence-electron chi connectivity index (χ3n) is 3.81. The first kappa shape index (κ1) is 11.3. The SMILES string of the molecule is CC1CCC(Nc2cc3ccccc3c(=O)[nH]2)C1. The first-order valence-electron chi connectivity index (χ1n) is 6.61. The number of fused-ring (bicyclic) bond motifs is 1. The lowest BCUT2D eigenvalue weighted by Crippen LogP contribution is -2.19. The highest BCUT2D eigenvalue weighted by molar-refractivity contribution is 5.83. The van der Waals surface area contributed by atoms with Crippen molar-refractivity contribution >= 4 is 16.6 Å². The van der Waals surface area contributed by atoms with Crippen molar-refractivity contribution in [2.75, 3.05) is 5.32 Å². The van der Waals surface area contributed by atoms with Gasteiger partial charge in [0, 0.05) is 11.4 Å². The molecule has 0 saturated heterocycles. The zero-order valence-corrected chi connectivity index (χ0v) is 10.6. The van der Waals surface area contributed by atoms with Gasteiger partial charge in [0.15, 0.2) is 0 Å². The Morgan fingerprint density at radius 1 is 1.28 bits per heavy atom. The van der Waals surface area contributed by atoms with E-state index in [0.717, 1.165) is 22.5 Å². The summed E-state index contributed by atoms with van der Waals surface area (Å²) in [6.07, 6.45) is 3.65. The van der Waals surface area contributed by atoms with Crippen molar-refractivity contribution in [3.63, 3.8) is 0 Å². The molecule has 1 saturated carbocycles. The molecule has 3 rings (SSSR count). The smallest absolute Gasteiger partial charge is 0.257 e. The quantitative estimate of drug-likeness (QED) is 0.849. The molecule has 1 aromatic carbocycles. The van der Waals surface area contributed by atoms with Gasteiger partial charge in [0.05, 0.1) is 0 Å². The van der Waals surface area contributed by atoms with Gasteiger partial charge < -0.3 is 10.3 Å². The van der Waals surface area contributed by atoms with E-state index in [1.165, 1.54) is 19.3 Å². The molecule has 1 aliphatic carbocycles. The molecule has 0 radical (unpaired) electrons. The lowest BCUT2D eigenvalue weighted by atomic mass is 10.1. The van der Waals surface area contributed by atoms with Crippen LogP contribution in [0, 0.1) is 5.92 Å². The minimum absolute atomic E-state index is 0.0124. The molecule has 18 heavy (non-hydrogen) atoms. The molecule has 1 heterocycles. The third kappa shape index (κ3) is 2.13. The summed E-state index contributed by atoms with van der Waals surface area (Å²) in [5.74, 6) is 1.63. The minimum atomic E-state index is -0.0124. The van der Waals surface area contributed by atoms with Gasteiger partial charge in [-0.2, -0.15) is 0 Å². The van der Waals surface area contributed by atoms with Crippen LogP contribution in [0.15, 0.2) is 35.1 Å². The summed E-state index contributed by atoms with van der Waals surface area (Å²) in [7, 11) is 0. The van der Waals surface area contributed by atoms with Gasteiger partial charge in [-0.15, -0.1) is 0 Å². The van der Waals surface area contributed by atoms with E-state index in [-0.39, 0.29) is 5.56 Å². The molecule has 1 aliphatic rings. The van der Waals surface area contributed by atoms with Crippen molar-refractivity contribution in [1.82, 2.24) is 4.98 Å². The Morgan fingerprint density at radius 3 is 2.89 bits per heavy atom. The van der Waals surface area contributed by atoms with E-state index in [1.54, 1.807) is 0 Å². The zero-order valence-electron chi connectivity index (χ0n) is 10.6. The normalized spacial score (nSPS) is 23.4. The molecule has 0 bridgehead atoms. The van der Waals surface area contributed by atoms with Crippen LogP contribution in [-0.4, -0.2) is 11.0 Å². The molecule has 0 spiro atoms. The number of anilines is 1. The third-order valence-corrected chi connectivity index (χ3v) is 3.81. The van der Waals surface area contributed by atoms with Crippen LogP contribution in [-0.2, 0) is 0 Å². The maximum atomic E-state index is 11.9. The number of aromatic amines is 1. The van der Waals surface area contributed by atoms with Crippen molar-refractivity contribution in [1.29, 1.82) is 0 Å². The average molecular weight is 242 g/mol. The predicted molar refractivity (Wildman–Crippen MR) is 75.0 cm³/mol. The van der Waals surface area contributed by atoms with Crippen LogP contribution in [0.5, 0.6) is 0 Å². The fourth-order valence-corrected chi connectivity index (χ4v) is 2.85. The van der Waals surface area contributed by atoms with E-state index < -0.39 is 0 Å². The monoisotopic (exact) mass is 242 g/mol. The van der Waals surface area contributed by atoms with Crippen molar-refractivity contribution in [3.8, 4) is 0 Å². The van der Waals surface area contributed by atoms with Crippen LogP contribution in [0.2, 0.25) is 0 Å². The lowest BCUT2D eigenvalue weighted by molar-refractivity contribution is 0.602. The summed E-state index contributed by atoms with van der Waals surface area (Å²) in [6, 6.07) is 10.2. The Balaban J connectivity index is 1.91.